The lowest BCUT2D eigenvalue weighted by Gasteiger charge is -2.46. The molecule has 0 saturated heterocycles. The van der Waals surface area contributed by atoms with Gasteiger partial charge in [-0.3, -0.25) is 0 Å². The minimum Gasteiger partial charge on any atom is -0.456 e. The highest BCUT2D eigenvalue weighted by atomic mass is 16.3. The molecule has 0 aliphatic carbocycles. The van der Waals surface area contributed by atoms with E-state index in [1.54, 1.807) is 0 Å². The third-order valence-electron chi connectivity index (χ3n) is 12.5. The molecule has 0 bridgehead atoms. The normalized spacial score (nSPS) is 13.6. The fourth-order valence-electron chi connectivity index (χ4n) is 9.64. The van der Waals surface area contributed by atoms with Crippen LogP contribution in [0.3, 0.4) is 0 Å². The summed E-state index contributed by atoms with van der Waals surface area (Å²) < 4.78 is 7.09. The first-order valence-corrected chi connectivity index (χ1v) is 20.6. The van der Waals surface area contributed by atoms with Crippen LogP contribution in [-0.4, -0.2) is 6.85 Å². The molecule has 0 fully saturated rings. The summed E-state index contributed by atoms with van der Waals surface area (Å²) in [6.45, 7) is 13.6. The van der Waals surface area contributed by atoms with Crippen molar-refractivity contribution in [3.8, 4) is 22.3 Å². The lowest BCUT2D eigenvalue weighted by molar-refractivity contribution is 0.590. The molecule has 1 aromatic heterocycles. The lowest BCUT2D eigenvalue weighted by atomic mass is 9.43. The second-order valence-electron chi connectivity index (χ2n) is 18.1. The molecule has 3 heterocycles. The van der Waals surface area contributed by atoms with E-state index in [-0.39, 0.29) is 17.7 Å². The molecule has 0 radical (unpaired) electrons. The van der Waals surface area contributed by atoms with Crippen molar-refractivity contribution in [1.29, 1.82) is 0 Å². The zero-order valence-electron chi connectivity index (χ0n) is 34.0. The molecular weight excluding hydrogens is 703 g/mol. The minimum absolute atomic E-state index is 0.0309. The molecular formula is C54H45BN2O. The van der Waals surface area contributed by atoms with Crippen LogP contribution in [0.5, 0.6) is 0 Å². The summed E-state index contributed by atoms with van der Waals surface area (Å²) in [5, 5.41) is 4.75. The Balaban J connectivity index is 1.33. The Bertz CT molecular complexity index is 3090. The molecule has 9 aromatic rings. The van der Waals surface area contributed by atoms with Crippen LogP contribution in [0, 0.1) is 0 Å². The molecule has 2 aliphatic heterocycles. The number of rotatable bonds is 3. The average molecular weight is 749 g/mol. The summed E-state index contributed by atoms with van der Waals surface area (Å²) in [6.07, 6.45) is 0. The number of hydrogen-bond donors (Lipinski definition) is 0. The molecule has 0 N–H and O–H groups in total. The van der Waals surface area contributed by atoms with Gasteiger partial charge in [0.05, 0.1) is 5.69 Å². The number of furan rings is 1. The number of benzene rings is 8. The van der Waals surface area contributed by atoms with Crippen LogP contribution in [-0.2, 0) is 10.8 Å². The Kier molecular flexibility index (Phi) is 7.48. The maximum atomic E-state index is 7.09. The number of hydrogen-bond acceptors (Lipinski definition) is 3. The number of anilines is 5. The van der Waals surface area contributed by atoms with Gasteiger partial charge in [-0.2, -0.15) is 0 Å². The first kappa shape index (κ1) is 34.7. The smallest absolute Gasteiger partial charge is 0.336 e. The summed E-state index contributed by atoms with van der Waals surface area (Å²) in [5.41, 5.74) is 17.6. The monoisotopic (exact) mass is 748 g/mol. The molecule has 0 unspecified atom stereocenters. The number of para-hydroxylation sites is 2. The van der Waals surface area contributed by atoms with Crippen LogP contribution in [0.4, 0.5) is 28.4 Å². The van der Waals surface area contributed by atoms with E-state index >= 15 is 0 Å². The van der Waals surface area contributed by atoms with Crippen molar-refractivity contribution in [3.63, 3.8) is 0 Å². The molecule has 4 heteroatoms. The summed E-state index contributed by atoms with van der Waals surface area (Å²) in [4.78, 5) is 5.15. The highest BCUT2D eigenvalue weighted by molar-refractivity contribution is 6.95. The van der Waals surface area contributed by atoms with E-state index in [4.69, 9.17) is 4.42 Å². The fraction of sp³-hybridized carbons (Fsp3) is 0.148. The van der Waals surface area contributed by atoms with E-state index in [0.29, 0.717) is 0 Å². The second-order valence-corrected chi connectivity index (χ2v) is 18.1. The summed E-state index contributed by atoms with van der Waals surface area (Å²) in [6, 6.07) is 60.7. The number of fused-ring (bicyclic) bond motifs is 10. The van der Waals surface area contributed by atoms with Crippen LogP contribution in [0.2, 0.25) is 0 Å². The van der Waals surface area contributed by atoms with Crippen molar-refractivity contribution in [1.82, 2.24) is 0 Å². The second kappa shape index (κ2) is 12.5. The first-order chi connectivity index (χ1) is 28.1. The Morgan fingerprint density at radius 1 is 0.466 bits per heavy atom. The van der Waals surface area contributed by atoms with Crippen LogP contribution in [0.1, 0.15) is 52.7 Å². The third kappa shape index (κ3) is 5.14. The molecule has 11 rings (SSSR count). The maximum absolute atomic E-state index is 7.09. The summed E-state index contributed by atoms with van der Waals surface area (Å²) >= 11 is 0. The topological polar surface area (TPSA) is 19.6 Å². The standard InChI is InChI=1S/C54H45BN2O/c1-53(2,3)36-24-27-38(28-25-36)57-45-30-26-37(54(4,5)6)33-43(45)49-40-20-11-10-18-35(40)32-47-50(49)55(57)51-46(31-29-42-41-21-13-15-23-48(41)58-52(42)51)56(47)44-22-14-12-19-39(44)34-16-8-7-9-17-34/h7-33H,1-6H3. The molecule has 3 nitrogen and oxygen atoms in total. The Labute approximate surface area is 341 Å². The van der Waals surface area contributed by atoms with E-state index in [1.807, 2.05) is 0 Å². The predicted octanol–water partition coefficient (Wildman–Crippen LogP) is 13.7. The third-order valence-corrected chi connectivity index (χ3v) is 12.5. The maximum Gasteiger partial charge on any atom is 0.336 e. The van der Waals surface area contributed by atoms with Crippen LogP contribution >= 0.6 is 0 Å². The fourth-order valence-corrected chi connectivity index (χ4v) is 9.64. The zero-order valence-corrected chi connectivity index (χ0v) is 34.0. The van der Waals surface area contributed by atoms with Crippen LogP contribution in [0.15, 0.2) is 168 Å². The molecule has 8 aromatic carbocycles. The lowest BCUT2D eigenvalue weighted by Crippen LogP contribution is -2.61. The predicted molar refractivity (Wildman–Crippen MR) is 248 cm³/mol. The Morgan fingerprint density at radius 3 is 1.90 bits per heavy atom. The Morgan fingerprint density at radius 2 is 1.12 bits per heavy atom. The van der Waals surface area contributed by atoms with Gasteiger partial charge in [0.1, 0.15) is 11.2 Å². The van der Waals surface area contributed by atoms with Gasteiger partial charge in [0.15, 0.2) is 0 Å². The van der Waals surface area contributed by atoms with Crippen LogP contribution in [0.25, 0.3) is 55.0 Å². The van der Waals surface area contributed by atoms with Crippen molar-refractivity contribution in [3.05, 3.63) is 175 Å². The average Bonchev–Trinajstić information content (AvgIpc) is 3.62. The van der Waals surface area contributed by atoms with Gasteiger partial charge in [-0.25, -0.2) is 0 Å². The van der Waals surface area contributed by atoms with E-state index in [0.717, 1.165) is 39.0 Å². The highest BCUT2D eigenvalue weighted by Crippen LogP contribution is 2.52. The molecule has 2 aliphatic rings. The van der Waals surface area contributed by atoms with E-state index in [2.05, 4.69) is 215 Å². The van der Waals surface area contributed by atoms with Crippen molar-refractivity contribution in [2.45, 2.75) is 52.4 Å². The van der Waals surface area contributed by atoms with E-state index < -0.39 is 0 Å². The number of nitrogens with zero attached hydrogens (tertiary/aromatic N) is 2. The summed E-state index contributed by atoms with van der Waals surface area (Å²) in [5.74, 6) is 0. The first-order valence-electron chi connectivity index (χ1n) is 20.6. The van der Waals surface area contributed by atoms with Crippen molar-refractivity contribution >= 4 is 78.9 Å². The van der Waals surface area contributed by atoms with Crippen molar-refractivity contribution in [2.75, 3.05) is 9.71 Å². The molecule has 0 atom stereocenters. The molecule has 0 amide bonds. The molecule has 58 heavy (non-hydrogen) atoms. The van der Waals surface area contributed by atoms with Gasteiger partial charge in [-0.05, 0) is 104 Å². The van der Waals surface area contributed by atoms with E-state index in [1.165, 1.54) is 66.5 Å². The van der Waals surface area contributed by atoms with Crippen molar-refractivity contribution in [2.24, 2.45) is 0 Å². The minimum atomic E-state index is -0.192. The van der Waals surface area contributed by atoms with Gasteiger partial charge < -0.3 is 14.1 Å². The van der Waals surface area contributed by atoms with Gasteiger partial charge in [0.2, 0.25) is 0 Å². The van der Waals surface area contributed by atoms with Gasteiger partial charge in [0.25, 0.3) is 0 Å². The van der Waals surface area contributed by atoms with E-state index in [9.17, 15) is 0 Å². The van der Waals surface area contributed by atoms with Gasteiger partial charge in [-0.1, -0.05) is 151 Å². The Hall–Kier alpha value is -6.52. The molecule has 0 spiro atoms. The summed E-state index contributed by atoms with van der Waals surface area (Å²) in [7, 11) is 0. The SMILES string of the molecule is CC(C)(C)c1ccc(N2B3c4c(cc5ccccc5c4-c4cc(C(C)(C)C)ccc42)N(c2ccccc2-c2ccccc2)c2ccc4c(oc5ccccc54)c23)cc1. The zero-order chi connectivity index (χ0) is 39.5. The highest BCUT2D eigenvalue weighted by Gasteiger charge is 2.48. The van der Waals surface area contributed by atoms with Crippen molar-refractivity contribution < 1.29 is 4.42 Å². The van der Waals surface area contributed by atoms with Gasteiger partial charge in [-0.15, -0.1) is 0 Å². The van der Waals surface area contributed by atoms with Gasteiger partial charge in [0, 0.05) is 50.1 Å². The quantitative estimate of drug-likeness (QED) is 0.168. The molecule has 280 valence electrons. The molecule has 0 saturated carbocycles. The largest absolute Gasteiger partial charge is 0.456 e. The van der Waals surface area contributed by atoms with Gasteiger partial charge >= 0.3 is 6.85 Å². The van der Waals surface area contributed by atoms with Crippen LogP contribution < -0.4 is 20.6 Å².